The van der Waals surface area contributed by atoms with Crippen molar-refractivity contribution in [1.29, 1.82) is 0 Å². The minimum Gasteiger partial charge on any atom is -0.268 e. The molecule has 27 heavy (non-hydrogen) atoms. The summed E-state index contributed by atoms with van der Waals surface area (Å²) in [7, 11) is 0. The third-order valence-corrected chi connectivity index (χ3v) is 4.61. The number of rotatable bonds is 3. The number of halogens is 4. The summed E-state index contributed by atoms with van der Waals surface area (Å²) in [5, 5.41) is 12.2. The van der Waals surface area contributed by atoms with Crippen LogP contribution in [0.1, 0.15) is 22.0 Å². The van der Waals surface area contributed by atoms with E-state index in [0.717, 1.165) is 0 Å². The summed E-state index contributed by atoms with van der Waals surface area (Å²) in [6.45, 7) is 0. The van der Waals surface area contributed by atoms with Gasteiger partial charge in [0.2, 0.25) is 0 Å². The Hall–Kier alpha value is -2.65. The van der Waals surface area contributed by atoms with Crippen LogP contribution in [0.15, 0.2) is 54.6 Å². The van der Waals surface area contributed by atoms with Crippen molar-refractivity contribution in [3.8, 4) is 0 Å². The maximum Gasteiger partial charge on any atom is 0.412 e. The molecule has 3 rings (SSSR count). The summed E-state index contributed by atoms with van der Waals surface area (Å²) in [5.41, 5.74) is 2.14. The van der Waals surface area contributed by atoms with E-state index in [1.54, 1.807) is 12.1 Å². The average Bonchev–Trinajstić information content (AvgIpc) is 3.03. The molecule has 6 nitrogen and oxygen atoms in total. The summed E-state index contributed by atoms with van der Waals surface area (Å²) >= 11 is 5.99. The Kier molecular flexibility index (Phi) is 5.07. The Labute approximate surface area is 156 Å². The van der Waals surface area contributed by atoms with Gasteiger partial charge in [-0.15, -0.1) is 0 Å². The number of nitrogens with one attached hydrogen (secondary N) is 1. The van der Waals surface area contributed by atoms with Crippen LogP contribution in [0.4, 0.5) is 13.2 Å². The van der Waals surface area contributed by atoms with Crippen molar-refractivity contribution in [2.45, 2.75) is 24.3 Å². The summed E-state index contributed by atoms with van der Waals surface area (Å²) in [4.78, 5) is 23.4. The lowest BCUT2D eigenvalue weighted by Crippen LogP contribution is -2.49. The van der Waals surface area contributed by atoms with Crippen LogP contribution < -0.4 is 5.43 Å². The van der Waals surface area contributed by atoms with E-state index in [4.69, 9.17) is 11.6 Å². The number of nitrogens with zero attached hydrogens (tertiary/aromatic N) is 2. The van der Waals surface area contributed by atoms with E-state index in [2.05, 4.69) is 0 Å². The van der Waals surface area contributed by atoms with Crippen molar-refractivity contribution in [2.24, 2.45) is 0 Å². The molecule has 3 atom stereocenters. The van der Waals surface area contributed by atoms with Gasteiger partial charge >= 0.3 is 6.18 Å². The van der Waals surface area contributed by atoms with Crippen LogP contribution in [0.25, 0.3) is 0 Å². The average molecular weight is 400 g/mol. The Balaban J connectivity index is 2.11. The molecule has 0 saturated carbocycles. The molecule has 0 bridgehead atoms. The molecule has 0 aliphatic carbocycles. The number of hydrogen-bond acceptors (Lipinski definition) is 4. The fraction of sp³-hybridized carbons (Fsp3) is 0.235. The summed E-state index contributed by atoms with van der Waals surface area (Å²) in [6.07, 6.45) is -4.93. The first kappa shape index (κ1) is 19.1. The fourth-order valence-corrected chi connectivity index (χ4v) is 3.31. The normalized spacial score (nSPS) is 22.7. The van der Waals surface area contributed by atoms with Gasteiger partial charge in [0, 0.05) is 4.92 Å². The highest BCUT2D eigenvalue weighted by atomic mass is 35.5. The van der Waals surface area contributed by atoms with Crippen LogP contribution in [0.2, 0.25) is 5.02 Å². The molecule has 1 fully saturated rings. The van der Waals surface area contributed by atoms with Crippen molar-refractivity contribution in [3.63, 3.8) is 0 Å². The number of carbonyl (C=O) groups is 1. The van der Waals surface area contributed by atoms with Gasteiger partial charge in [0.15, 0.2) is 6.04 Å². The number of amides is 1. The second-order valence-electron chi connectivity index (χ2n) is 5.93. The molecule has 1 saturated heterocycles. The maximum absolute atomic E-state index is 13.4. The molecule has 0 aromatic heterocycles. The maximum atomic E-state index is 13.4. The highest BCUT2D eigenvalue weighted by Gasteiger charge is 2.62. The summed E-state index contributed by atoms with van der Waals surface area (Å²) in [5.74, 6) is -0.881. The van der Waals surface area contributed by atoms with Gasteiger partial charge in [-0.25, -0.2) is 5.43 Å². The van der Waals surface area contributed by atoms with Gasteiger partial charge in [-0.3, -0.25) is 19.9 Å². The molecule has 1 amide bonds. The standard InChI is InChI=1S/C17H13ClF3N3O3/c18-12-9-5-4-8-11(12)16(25)23-13(10-6-2-1-3-7-10)14(24(26)27)15(22-23)17(19,20)21/h1-9,13-15,22H/t13-,14+,15+/m0/s1. The quantitative estimate of drug-likeness (QED) is 0.632. The zero-order chi connectivity index (χ0) is 19.8. The van der Waals surface area contributed by atoms with Gasteiger partial charge in [0.05, 0.1) is 10.6 Å². The zero-order valence-corrected chi connectivity index (χ0v) is 14.3. The van der Waals surface area contributed by atoms with Crippen molar-refractivity contribution >= 4 is 17.5 Å². The molecular weight excluding hydrogens is 387 g/mol. The highest BCUT2D eigenvalue weighted by molar-refractivity contribution is 6.33. The van der Waals surface area contributed by atoms with Gasteiger partial charge in [0.1, 0.15) is 6.04 Å². The second kappa shape index (κ2) is 7.16. The number of hydrogen-bond donors (Lipinski definition) is 1. The SMILES string of the molecule is O=C(c1ccccc1Cl)N1N[C@@H](C(F)(F)F)[C@H]([N+](=O)[O-])[C@@H]1c1ccccc1. The zero-order valence-electron chi connectivity index (χ0n) is 13.6. The minimum absolute atomic E-state index is 0.0317. The second-order valence-corrected chi connectivity index (χ2v) is 6.34. The van der Waals surface area contributed by atoms with E-state index >= 15 is 0 Å². The molecule has 1 aliphatic rings. The van der Waals surface area contributed by atoms with E-state index in [1.165, 1.54) is 42.5 Å². The number of hydrazine groups is 1. The first-order valence-electron chi connectivity index (χ1n) is 7.81. The molecule has 10 heteroatoms. The van der Waals surface area contributed by atoms with E-state index in [-0.39, 0.29) is 16.1 Å². The smallest absolute Gasteiger partial charge is 0.268 e. The van der Waals surface area contributed by atoms with Gasteiger partial charge in [-0.05, 0) is 17.7 Å². The Bertz CT molecular complexity index is 863. The van der Waals surface area contributed by atoms with E-state index < -0.39 is 35.1 Å². The Morgan fingerprint density at radius 1 is 1.11 bits per heavy atom. The molecule has 1 heterocycles. The lowest BCUT2D eigenvalue weighted by Gasteiger charge is -2.24. The minimum atomic E-state index is -4.93. The lowest BCUT2D eigenvalue weighted by atomic mass is 9.95. The molecule has 0 unspecified atom stereocenters. The number of alkyl halides is 3. The summed E-state index contributed by atoms with van der Waals surface area (Å²) in [6, 6.07) is 7.28. The molecule has 142 valence electrons. The topological polar surface area (TPSA) is 75.5 Å². The largest absolute Gasteiger partial charge is 0.412 e. The molecule has 1 aliphatic heterocycles. The van der Waals surface area contributed by atoms with Crippen LogP contribution in [0, 0.1) is 10.1 Å². The lowest BCUT2D eigenvalue weighted by molar-refractivity contribution is -0.534. The third-order valence-electron chi connectivity index (χ3n) is 4.28. The molecule has 0 radical (unpaired) electrons. The monoisotopic (exact) mass is 399 g/mol. The van der Waals surface area contributed by atoms with Crippen LogP contribution in [0.5, 0.6) is 0 Å². The van der Waals surface area contributed by atoms with E-state index in [1.807, 2.05) is 5.43 Å². The predicted octanol–water partition coefficient (Wildman–Crippen LogP) is 3.62. The number of carbonyl (C=O) groups excluding carboxylic acids is 1. The first-order chi connectivity index (χ1) is 12.7. The van der Waals surface area contributed by atoms with Crippen molar-refractivity contribution in [3.05, 3.63) is 80.9 Å². The predicted molar refractivity (Wildman–Crippen MR) is 90.6 cm³/mol. The van der Waals surface area contributed by atoms with Crippen LogP contribution >= 0.6 is 11.6 Å². The van der Waals surface area contributed by atoms with Crippen molar-refractivity contribution in [2.75, 3.05) is 0 Å². The highest BCUT2D eigenvalue weighted by Crippen LogP contribution is 2.39. The third kappa shape index (κ3) is 3.60. The number of benzene rings is 2. The number of nitro groups is 1. The molecule has 1 N–H and O–H groups in total. The van der Waals surface area contributed by atoms with Gasteiger partial charge < -0.3 is 0 Å². The Morgan fingerprint density at radius 3 is 2.26 bits per heavy atom. The van der Waals surface area contributed by atoms with Crippen molar-refractivity contribution in [1.82, 2.24) is 10.4 Å². The van der Waals surface area contributed by atoms with Gasteiger partial charge in [-0.2, -0.15) is 13.2 Å². The molecule has 0 spiro atoms. The molecule has 2 aromatic carbocycles. The van der Waals surface area contributed by atoms with Crippen LogP contribution in [-0.4, -0.2) is 34.1 Å². The first-order valence-corrected chi connectivity index (χ1v) is 8.19. The van der Waals surface area contributed by atoms with Gasteiger partial charge in [0.25, 0.3) is 11.9 Å². The fourth-order valence-electron chi connectivity index (χ4n) is 3.09. The van der Waals surface area contributed by atoms with Crippen molar-refractivity contribution < 1.29 is 22.9 Å². The Morgan fingerprint density at radius 2 is 1.70 bits per heavy atom. The summed E-state index contributed by atoms with van der Waals surface area (Å²) < 4.78 is 40.3. The van der Waals surface area contributed by atoms with E-state index in [9.17, 15) is 28.1 Å². The molecular formula is C17H13ClF3N3O3. The van der Waals surface area contributed by atoms with Crippen LogP contribution in [0.3, 0.4) is 0 Å². The van der Waals surface area contributed by atoms with E-state index in [0.29, 0.717) is 5.01 Å². The van der Waals surface area contributed by atoms with Crippen LogP contribution in [-0.2, 0) is 0 Å². The molecule has 2 aromatic rings. The van der Waals surface area contributed by atoms with Gasteiger partial charge in [-0.1, -0.05) is 54.1 Å².